The van der Waals surface area contributed by atoms with Crippen LogP contribution in [0.5, 0.6) is 5.75 Å². The van der Waals surface area contributed by atoms with Gasteiger partial charge in [-0.3, -0.25) is 4.79 Å². The number of rotatable bonds is 7. The van der Waals surface area contributed by atoms with Gasteiger partial charge in [0.2, 0.25) is 0 Å². The molecule has 0 atom stereocenters. The monoisotopic (exact) mass is 271 g/mol. The Morgan fingerprint density at radius 1 is 1.33 bits per heavy atom. The molecule has 0 spiro atoms. The van der Waals surface area contributed by atoms with E-state index in [4.69, 9.17) is 22.1 Å². The Kier molecular flexibility index (Phi) is 6.36. The first kappa shape index (κ1) is 14.6. The summed E-state index contributed by atoms with van der Waals surface area (Å²) >= 11 is 5.78. The fourth-order valence-electron chi connectivity index (χ4n) is 1.48. The molecule has 1 rings (SSSR count). The molecule has 0 amide bonds. The molecule has 2 N–H and O–H groups in total. The van der Waals surface area contributed by atoms with Gasteiger partial charge >= 0.3 is 5.97 Å². The van der Waals surface area contributed by atoms with Crippen molar-refractivity contribution in [3.8, 4) is 5.75 Å². The van der Waals surface area contributed by atoms with Crippen molar-refractivity contribution in [3.05, 3.63) is 23.2 Å². The highest BCUT2D eigenvalue weighted by Gasteiger charge is 2.02. The third-order valence-electron chi connectivity index (χ3n) is 2.48. The molecule has 0 saturated carbocycles. The van der Waals surface area contributed by atoms with Crippen molar-refractivity contribution in [3.63, 3.8) is 0 Å². The summed E-state index contributed by atoms with van der Waals surface area (Å²) in [7, 11) is 1.40. The molecule has 0 aliphatic carbocycles. The lowest BCUT2D eigenvalue weighted by molar-refractivity contribution is -0.140. The molecule has 0 aliphatic rings. The van der Waals surface area contributed by atoms with Crippen LogP contribution in [0.4, 0.5) is 5.69 Å². The number of carbonyl (C=O) groups is 1. The van der Waals surface area contributed by atoms with E-state index in [9.17, 15) is 4.79 Å². The third-order valence-corrected chi connectivity index (χ3v) is 2.72. The van der Waals surface area contributed by atoms with Crippen LogP contribution in [0.25, 0.3) is 0 Å². The zero-order valence-electron chi connectivity index (χ0n) is 10.4. The van der Waals surface area contributed by atoms with E-state index in [-0.39, 0.29) is 5.97 Å². The third kappa shape index (κ3) is 5.27. The van der Waals surface area contributed by atoms with Gasteiger partial charge in [0.25, 0.3) is 0 Å². The van der Waals surface area contributed by atoms with E-state index >= 15 is 0 Å². The smallest absolute Gasteiger partial charge is 0.305 e. The summed E-state index contributed by atoms with van der Waals surface area (Å²) in [5, 5.41) is 0.595. The Morgan fingerprint density at radius 2 is 2.11 bits per heavy atom. The number of hydrogen-bond donors (Lipinski definition) is 1. The maximum Gasteiger partial charge on any atom is 0.305 e. The Bertz CT molecular complexity index is 396. The van der Waals surface area contributed by atoms with Gasteiger partial charge < -0.3 is 15.2 Å². The van der Waals surface area contributed by atoms with Crippen molar-refractivity contribution in [1.29, 1.82) is 0 Å². The molecule has 0 aromatic heterocycles. The molecular weight excluding hydrogens is 254 g/mol. The minimum absolute atomic E-state index is 0.169. The second-order valence-corrected chi connectivity index (χ2v) is 4.35. The normalized spacial score (nSPS) is 10.1. The van der Waals surface area contributed by atoms with E-state index in [1.165, 1.54) is 7.11 Å². The number of hydrogen-bond acceptors (Lipinski definition) is 4. The van der Waals surface area contributed by atoms with Crippen LogP contribution >= 0.6 is 11.6 Å². The van der Waals surface area contributed by atoms with Crippen LogP contribution in [-0.4, -0.2) is 19.7 Å². The van der Waals surface area contributed by atoms with Gasteiger partial charge in [-0.25, -0.2) is 0 Å². The fraction of sp³-hybridized carbons (Fsp3) is 0.462. The zero-order valence-corrected chi connectivity index (χ0v) is 11.2. The summed E-state index contributed by atoms with van der Waals surface area (Å²) in [6.45, 7) is 0.576. The first-order valence-corrected chi connectivity index (χ1v) is 6.26. The largest absolute Gasteiger partial charge is 0.491 e. The van der Waals surface area contributed by atoms with Crippen LogP contribution in [0.1, 0.15) is 25.7 Å². The van der Waals surface area contributed by atoms with Crippen molar-refractivity contribution >= 4 is 23.3 Å². The van der Waals surface area contributed by atoms with Crippen molar-refractivity contribution in [1.82, 2.24) is 0 Å². The van der Waals surface area contributed by atoms with E-state index in [1.807, 2.05) is 0 Å². The van der Waals surface area contributed by atoms with Gasteiger partial charge in [-0.05, 0) is 37.5 Å². The zero-order chi connectivity index (χ0) is 13.4. The highest BCUT2D eigenvalue weighted by atomic mass is 35.5. The summed E-state index contributed by atoms with van der Waals surface area (Å²) in [6, 6.07) is 5.16. The van der Waals surface area contributed by atoms with Gasteiger partial charge in [0.1, 0.15) is 5.75 Å². The summed E-state index contributed by atoms with van der Waals surface area (Å²) < 4.78 is 10.1. The molecule has 0 saturated heterocycles. The number of carbonyl (C=O) groups excluding carboxylic acids is 1. The lowest BCUT2D eigenvalue weighted by atomic mass is 10.2. The second kappa shape index (κ2) is 7.82. The molecule has 0 unspecified atom stereocenters. The van der Waals surface area contributed by atoms with Gasteiger partial charge in [-0.15, -0.1) is 0 Å². The minimum Gasteiger partial charge on any atom is -0.491 e. The van der Waals surface area contributed by atoms with Crippen molar-refractivity contribution in [2.45, 2.75) is 25.7 Å². The number of esters is 1. The number of benzene rings is 1. The van der Waals surface area contributed by atoms with Crippen molar-refractivity contribution < 1.29 is 14.3 Å². The highest BCUT2D eigenvalue weighted by molar-refractivity contribution is 6.30. The molecule has 1 aromatic carbocycles. The van der Waals surface area contributed by atoms with Crippen LogP contribution in [0.15, 0.2) is 18.2 Å². The Morgan fingerprint density at radius 3 is 2.78 bits per heavy atom. The maximum atomic E-state index is 10.9. The maximum absolute atomic E-state index is 10.9. The van der Waals surface area contributed by atoms with Gasteiger partial charge in [-0.1, -0.05) is 11.6 Å². The topological polar surface area (TPSA) is 61.5 Å². The van der Waals surface area contributed by atoms with Gasteiger partial charge in [-0.2, -0.15) is 0 Å². The number of nitrogens with two attached hydrogens (primary N) is 1. The minimum atomic E-state index is -0.169. The molecule has 0 heterocycles. The Labute approximate surface area is 112 Å². The number of nitrogen functional groups attached to an aromatic ring is 1. The molecule has 18 heavy (non-hydrogen) atoms. The average Bonchev–Trinajstić information content (AvgIpc) is 2.35. The fourth-order valence-corrected chi connectivity index (χ4v) is 1.66. The van der Waals surface area contributed by atoms with Gasteiger partial charge in [0.15, 0.2) is 0 Å². The number of halogens is 1. The first-order valence-electron chi connectivity index (χ1n) is 5.88. The van der Waals surface area contributed by atoms with Crippen molar-refractivity contribution in [2.75, 3.05) is 19.5 Å². The van der Waals surface area contributed by atoms with E-state index < -0.39 is 0 Å². The standard InChI is InChI=1S/C13H18ClNO3/c1-17-13(16)5-3-2-4-8-18-12-7-6-10(14)9-11(12)15/h6-7,9H,2-5,8,15H2,1H3. The summed E-state index contributed by atoms with van der Waals surface area (Å²) in [6.07, 6.45) is 3.06. The van der Waals surface area contributed by atoms with Crippen LogP contribution in [0, 0.1) is 0 Å². The molecule has 100 valence electrons. The van der Waals surface area contributed by atoms with Gasteiger partial charge in [0, 0.05) is 11.4 Å². The highest BCUT2D eigenvalue weighted by Crippen LogP contribution is 2.25. The molecule has 0 bridgehead atoms. The van der Waals surface area contributed by atoms with E-state index in [1.54, 1.807) is 18.2 Å². The summed E-state index contributed by atoms with van der Waals surface area (Å²) in [4.78, 5) is 10.9. The molecule has 0 fully saturated rings. The Hall–Kier alpha value is -1.42. The molecule has 0 aliphatic heterocycles. The predicted octanol–water partition coefficient (Wildman–Crippen LogP) is 3.03. The van der Waals surface area contributed by atoms with E-state index in [0.29, 0.717) is 29.5 Å². The lowest BCUT2D eigenvalue weighted by Crippen LogP contribution is -2.02. The molecule has 5 heteroatoms. The number of methoxy groups -OCH3 is 1. The first-order chi connectivity index (χ1) is 8.63. The molecular formula is C13H18ClNO3. The van der Waals surface area contributed by atoms with Gasteiger partial charge in [0.05, 0.1) is 19.4 Å². The van der Waals surface area contributed by atoms with Crippen LogP contribution in [-0.2, 0) is 9.53 Å². The average molecular weight is 272 g/mol. The molecule has 1 aromatic rings. The summed E-state index contributed by atoms with van der Waals surface area (Å²) in [5.41, 5.74) is 6.29. The lowest BCUT2D eigenvalue weighted by Gasteiger charge is -2.08. The summed E-state index contributed by atoms with van der Waals surface area (Å²) in [5.74, 6) is 0.477. The van der Waals surface area contributed by atoms with Crippen LogP contribution < -0.4 is 10.5 Å². The Balaban J connectivity index is 2.16. The van der Waals surface area contributed by atoms with Crippen LogP contribution in [0.2, 0.25) is 5.02 Å². The SMILES string of the molecule is COC(=O)CCCCCOc1ccc(Cl)cc1N. The predicted molar refractivity (Wildman–Crippen MR) is 71.8 cm³/mol. The molecule has 0 radical (unpaired) electrons. The van der Waals surface area contributed by atoms with Crippen LogP contribution in [0.3, 0.4) is 0 Å². The number of anilines is 1. The molecule has 4 nitrogen and oxygen atoms in total. The second-order valence-electron chi connectivity index (χ2n) is 3.92. The van der Waals surface area contributed by atoms with E-state index in [2.05, 4.69) is 4.74 Å². The number of unbranched alkanes of at least 4 members (excludes halogenated alkanes) is 2. The van der Waals surface area contributed by atoms with Crippen molar-refractivity contribution in [2.24, 2.45) is 0 Å². The number of ether oxygens (including phenoxy) is 2. The quantitative estimate of drug-likeness (QED) is 0.470. The van der Waals surface area contributed by atoms with E-state index in [0.717, 1.165) is 19.3 Å².